The molecule has 0 amide bonds. The molecule has 2 N–H and O–H groups in total. The molecule has 116 valence electrons. The van der Waals surface area contributed by atoms with E-state index in [2.05, 4.69) is 20.6 Å². The Morgan fingerprint density at radius 2 is 1.26 bits per heavy atom. The van der Waals surface area contributed by atoms with Crippen LogP contribution in [0, 0.1) is 17.5 Å². The average Bonchev–Trinajstić information content (AvgIpc) is 2.54. The van der Waals surface area contributed by atoms with E-state index in [1.807, 2.05) is 0 Å². The Morgan fingerprint density at radius 3 is 1.91 bits per heavy atom. The monoisotopic (exact) mass is 316 g/mol. The van der Waals surface area contributed by atoms with Crippen LogP contribution < -0.4 is 10.6 Å². The van der Waals surface area contributed by atoms with Gasteiger partial charge in [-0.25, -0.2) is 23.1 Å². The van der Waals surface area contributed by atoms with Gasteiger partial charge in [0.05, 0.1) is 0 Å². The zero-order valence-corrected chi connectivity index (χ0v) is 11.7. The predicted octanol–water partition coefficient (Wildman–Crippen LogP) is 4.38. The lowest BCUT2D eigenvalue weighted by Gasteiger charge is -2.09. The van der Waals surface area contributed by atoms with Crippen LogP contribution in [0.5, 0.6) is 0 Å². The van der Waals surface area contributed by atoms with E-state index in [-0.39, 0.29) is 5.82 Å². The number of hydrogen-bond acceptors (Lipinski definition) is 4. The second kappa shape index (κ2) is 6.35. The summed E-state index contributed by atoms with van der Waals surface area (Å²) in [6, 6.07) is 10.8. The van der Waals surface area contributed by atoms with Crippen molar-refractivity contribution >= 4 is 23.0 Å². The highest BCUT2D eigenvalue weighted by molar-refractivity contribution is 5.62. The Morgan fingerprint density at radius 1 is 0.652 bits per heavy atom. The molecule has 23 heavy (non-hydrogen) atoms. The minimum Gasteiger partial charge on any atom is -0.340 e. The van der Waals surface area contributed by atoms with Gasteiger partial charge in [-0.2, -0.15) is 0 Å². The number of hydrogen-bond donors (Lipinski definition) is 2. The third kappa shape index (κ3) is 3.76. The largest absolute Gasteiger partial charge is 0.340 e. The number of halogens is 3. The van der Waals surface area contributed by atoms with Crippen LogP contribution >= 0.6 is 0 Å². The van der Waals surface area contributed by atoms with E-state index in [1.165, 1.54) is 24.5 Å². The summed E-state index contributed by atoms with van der Waals surface area (Å²) in [5.74, 6) is -1.34. The summed E-state index contributed by atoms with van der Waals surface area (Å²) in [4.78, 5) is 8.04. The number of anilines is 4. The van der Waals surface area contributed by atoms with Gasteiger partial charge in [0.2, 0.25) is 0 Å². The first-order valence-corrected chi connectivity index (χ1v) is 6.67. The molecule has 4 nitrogen and oxygen atoms in total. The molecule has 0 aliphatic rings. The van der Waals surface area contributed by atoms with Crippen LogP contribution in [0.1, 0.15) is 0 Å². The number of rotatable bonds is 4. The molecule has 1 heterocycles. The lowest BCUT2D eigenvalue weighted by Crippen LogP contribution is -1.99. The number of aromatic nitrogens is 2. The Hall–Kier alpha value is -3.09. The van der Waals surface area contributed by atoms with Crippen molar-refractivity contribution in [3.05, 3.63) is 72.3 Å². The van der Waals surface area contributed by atoms with Crippen LogP contribution in [0.2, 0.25) is 0 Å². The number of benzene rings is 2. The van der Waals surface area contributed by atoms with Crippen LogP contribution in [0.25, 0.3) is 0 Å². The molecule has 3 rings (SSSR count). The topological polar surface area (TPSA) is 49.8 Å². The highest BCUT2D eigenvalue weighted by Gasteiger charge is 2.04. The molecule has 0 fully saturated rings. The molecule has 2 aromatic carbocycles. The van der Waals surface area contributed by atoms with Crippen LogP contribution in [0.3, 0.4) is 0 Å². The molecule has 0 saturated carbocycles. The summed E-state index contributed by atoms with van der Waals surface area (Å²) in [6.45, 7) is 0. The van der Waals surface area contributed by atoms with Gasteiger partial charge in [0.25, 0.3) is 0 Å². The molecule has 0 aliphatic heterocycles. The number of nitrogens with zero attached hydrogens (tertiary/aromatic N) is 2. The molecule has 1 aromatic heterocycles. The number of nitrogens with one attached hydrogen (secondary N) is 2. The highest BCUT2D eigenvalue weighted by atomic mass is 19.2. The van der Waals surface area contributed by atoms with Crippen LogP contribution in [-0.4, -0.2) is 9.97 Å². The summed E-state index contributed by atoms with van der Waals surface area (Å²) in [5.41, 5.74) is 1.01. The molecule has 0 aliphatic carbocycles. The second-order valence-electron chi connectivity index (χ2n) is 4.67. The standard InChI is InChI=1S/C16H11F3N4/c17-10-1-3-11(4-2-10)22-15-8-16(21-9-20-15)23-12-5-6-13(18)14(19)7-12/h1-9H,(H2,20,21,22,23). The quantitative estimate of drug-likeness (QED) is 0.750. The zero-order chi connectivity index (χ0) is 16.2. The van der Waals surface area contributed by atoms with Crippen molar-refractivity contribution < 1.29 is 13.2 Å². The predicted molar refractivity (Wildman–Crippen MR) is 81.4 cm³/mol. The Bertz CT molecular complexity index is 822. The Kier molecular flexibility index (Phi) is 4.09. The van der Waals surface area contributed by atoms with Gasteiger partial charge >= 0.3 is 0 Å². The fraction of sp³-hybridized carbons (Fsp3) is 0. The molecular weight excluding hydrogens is 305 g/mol. The summed E-state index contributed by atoms with van der Waals surface area (Å²) in [7, 11) is 0. The normalized spacial score (nSPS) is 10.4. The summed E-state index contributed by atoms with van der Waals surface area (Å²) in [5, 5.41) is 5.84. The SMILES string of the molecule is Fc1ccc(Nc2cc(Nc3ccc(F)c(F)c3)ncn2)cc1. The maximum Gasteiger partial charge on any atom is 0.160 e. The van der Waals surface area contributed by atoms with Crippen LogP contribution in [-0.2, 0) is 0 Å². The van der Waals surface area contributed by atoms with E-state index in [9.17, 15) is 13.2 Å². The first kappa shape index (κ1) is 14.8. The average molecular weight is 316 g/mol. The molecule has 0 spiro atoms. The fourth-order valence-electron chi connectivity index (χ4n) is 1.90. The molecule has 0 saturated heterocycles. The van der Waals surface area contributed by atoms with Gasteiger partial charge in [0, 0.05) is 23.5 Å². The molecule has 0 unspecified atom stereocenters. The Balaban J connectivity index is 1.76. The molecular formula is C16H11F3N4. The van der Waals surface area contributed by atoms with Crippen molar-refractivity contribution in [3.63, 3.8) is 0 Å². The van der Waals surface area contributed by atoms with E-state index in [1.54, 1.807) is 18.2 Å². The summed E-state index contributed by atoms with van der Waals surface area (Å²) >= 11 is 0. The highest BCUT2D eigenvalue weighted by Crippen LogP contribution is 2.20. The van der Waals surface area contributed by atoms with Gasteiger partial charge in [-0.05, 0) is 36.4 Å². The smallest absolute Gasteiger partial charge is 0.160 e. The van der Waals surface area contributed by atoms with E-state index in [4.69, 9.17) is 0 Å². The minimum atomic E-state index is -0.950. The second-order valence-corrected chi connectivity index (χ2v) is 4.67. The maximum atomic E-state index is 13.2. The molecule has 0 radical (unpaired) electrons. The van der Waals surface area contributed by atoms with Crippen molar-refractivity contribution in [1.29, 1.82) is 0 Å². The third-order valence-corrected chi connectivity index (χ3v) is 2.98. The van der Waals surface area contributed by atoms with Gasteiger partial charge < -0.3 is 10.6 Å². The van der Waals surface area contributed by atoms with E-state index < -0.39 is 11.6 Å². The van der Waals surface area contributed by atoms with Crippen molar-refractivity contribution in [2.75, 3.05) is 10.6 Å². The van der Waals surface area contributed by atoms with E-state index in [0.717, 1.165) is 12.1 Å². The molecule has 3 aromatic rings. The van der Waals surface area contributed by atoms with Gasteiger partial charge in [-0.1, -0.05) is 0 Å². The maximum absolute atomic E-state index is 13.2. The van der Waals surface area contributed by atoms with Crippen molar-refractivity contribution in [2.45, 2.75) is 0 Å². The lowest BCUT2D eigenvalue weighted by molar-refractivity contribution is 0.509. The minimum absolute atomic E-state index is 0.334. The van der Waals surface area contributed by atoms with Gasteiger partial charge in [-0.3, -0.25) is 0 Å². The van der Waals surface area contributed by atoms with E-state index in [0.29, 0.717) is 23.0 Å². The first-order chi connectivity index (χ1) is 11.1. The first-order valence-electron chi connectivity index (χ1n) is 6.67. The molecule has 7 heteroatoms. The van der Waals surface area contributed by atoms with Crippen molar-refractivity contribution in [3.8, 4) is 0 Å². The van der Waals surface area contributed by atoms with Crippen LogP contribution in [0.4, 0.5) is 36.2 Å². The fourth-order valence-corrected chi connectivity index (χ4v) is 1.90. The summed E-state index contributed by atoms with van der Waals surface area (Å²) in [6.07, 6.45) is 1.31. The molecule has 0 bridgehead atoms. The van der Waals surface area contributed by atoms with Gasteiger partial charge in [0.1, 0.15) is 23.8 Å². The molecule has 0 atom stereocenters. The van der Waals surface area contributed by atoms with E-state index >= 15 is 0 Å². The Labute approximate surface area is 130 Å². The van der Waals surface area contributed by atoms with Crippen molar-refractivity contribution in [2.24, 2.45) is 0 Å². The zero-order valence-electron chi connectivity index (χ0n) is 11.7. The third-order valence-electron chi connectivity index (χ3n) is 2.98. The lowest BCUT2D eigenvalue weighted by atomic mass is 10.3. The van der Waals surface area contributed by atoms with Crippen LogP contribution in [0.15, 0.2) is 54.9 Å². The summed E-state index contributed by atoms with van der Waals surface area (Å²) < 4.78 is 39.0. The van der Waals surface area contributed by atoms with Crippen molar-refractivity contribution in [1.82, 2.24) is 9.97 Å². The van der Waals surface area contributed by atoms with Gasteiger partial charge in [0.15, 0.2) is 11.6 Å². The van der Waals surface area contributed by atoms with Gasteiger partial charge in [-0.15, -0.1) is 0 Å².